The molecule has 23 N–H and O–H groups in total. The lowest BCUT2D eigenvalue weighted by molar-refractivity contribution is -0.149. The number of benzene rings is 3. The van der Waals surface area contributed by atoms with E-state index in [-0.39, 0.29) is 96.0 Å². The molecular formula is C92H128N22O21S. The van der Waals surface area contributed by atoms with Crippen LogP contribution in [0.5, 0.6) is 5.75 Å². The molecule has 738 valence electrons. The number of H-pyrrole nitrogens is 3. The van der Waals surface area contributed by atoms with Gasteiger partial charge in [-0.15, -0.1) is 11.8 Å². The van der Waals surface area contributed by atoms with Gasteiger partial charge in [0.1, 0.15) is 78.3 Å². The number of carboxylic acids is 1. The summed E-state index contributed by atoms with van der Waals surface area (Å²) in [5.74, 6) is -20.7. The standard InChI is InChI=1S/C92H128N22O21S/c1-8-10-23-72-87(129)105-64(22-16-33-93)83(125)110-71(82(124)100-46-76(96)117)47-136-48-77(118)102-68(36-51-26-28-56(135-7)29-27-51)89(131)111(4)50(3)80(122)108-70(42-75(95)116)91(133)114-35-17-25-73(114)88(130)107-67(39-54-45-97-49-101-54)86(128)103-63(30-31-78(119)120)79(121)59-40-55(115)41-60(59)81(123)106-66(37-52-43-98-61-20-14-12-18-57(52)61)85(127)104-65(32-34-94)84(126)109-69(38-53-44-99-62-21-15-13-19-58(53)62)90(132)113(6)74(24-11-9-2)92(134)112(72)5/h12-15,18-21,26-29,43-45,49-50,55,59-60,63-74,98-99,115H,8-11,16-17,22-25,30-42,46-48,93-94H2,1-7H3,(H2,95,116)(H2,96,117)(H,97,101)(H,100,124)(H,102,118)(H,103,128)(H,104,127)(H,105,129)(H,106,123)(H,107,130)(H,108,122)(H,109,126)(H,110,125)(H,119,120)/t50-,55-,59?,60+,63-,64-,65-,66-,67-,68-,69-,70-,71-,72-,73-,74-/m0/s1. The van der Waals surface area contributed by atoms with Crippen molar-refractivity contribution in [1.82, 2.24) is 92.7 Å². The van der Waals surface area contributed by atoms with E-state index in [0.29, 0.717) is 69.9 Å². The van der Waals surface area contributed by atoms with Crippen LogP contribution in [0, 0.1) is 11.8 Å². The molecule has 0 radical (unpaired) electrons. The minimum atomic E-state index is -1.80. The lowest BCUT2D eigenvalue weighted by Crippen LogP contribution is -2.61. The summed E-state index contributed by atoms with van der Waals surface area (Å²) >= 11 is 0.792. The minimum Gasteiger partial charge on any atom is -0.497 e. The Morgan fingerprint density at radius 3 is 1.68 bits per heavy atom. The highest BCUT2D eigenvalue weighted by Gasteiger charge is 2.48. The molecule has 0 bridgehead atoms. The number of carbonyl (C=O) groups is 18. The molecule has 0 spiro atoms. The highest BCUT2D eigenvalue weighted by molar-refractivity contribution is 8.00. The number of rotatable bonds is 28. The number of aromatic nitrogens is 4. The quantitative estimate of drug-likeness (QED) is 0.0253. The maximum Gasteiger partial charge on any atom is 0.303 e. The lowest BCUT2D eigenvalue weighted by Gasteiger charge is -2.36. The van der Waals surface area contributed by atoms with Gasteiger partial charge in [-0.05, 0) is 125 Å². The number of aliphatic carboxylic acids is 1. The highest BCUT2D eigenvalue weighted by Crippen LogP contribution is 2.36. The first-order chi connectivity index (χ1) is 65.0. The number of nitrogens with zero attached hydrogens (tertiary/aromatic N) is 5. The molecule has 9 rings (SSSR count). The monoisotopic (exact) mass is 1910 g/mol. The van der Waals surface area contributed by atoms with Crippen LogP contribution in [-0.2, 0) is 112 Å². The SMILES string of the molecule is CCCC[C@H]1C(=O)N(C)[C@@H](CCCC)C(=O)N[C@@H](CCCN)C(=O)N[C@H](C(=O)NCC(N)=O)CSCC(=O)N[C@@H](Cc2ccc(OC)cc2)C(=O)N(C)[C@@H](C)C(=O)N[C@@H](CC(N)=O)C(=O)N2CCC[C@H]2C(=O)N[C@@H](Cc2cnc[nH]2)C(=O)N[C@@H](CCC(=O)O)C(=O)C2C[C@H](O)C[C@H]2C(=O)N[C@@H](Cc2c[nH]c3ccccc23)C(=O)N[C@@H](CCN)C(=O)N[C@@H](Cc2c[nH]c3ccccc23)C(=O)N1C. The molecule has 136 heavy (non-hydrogen) atoms. The number of para-hydroxylation sites is 2. The van der Waals surface area contributed by atoms with Crippen LogP contribution in [0.3, 0.4) is 0 Å². The first-order valence-electron chi connectivity index (χ1n) is 45.8. The number of unbranched alkanes of at least 4 members (excludes halogenated alkanes) is 2. The number of thioether (sulfide) groups is 1. The van der Waals surface area contributed by atoms with Crippen LogP contribution >= 0.6 is 11.8 Å². The van der Waals surface area contributed by atoms with Crippen LogP contribution < -0.4 is 80.8 Å². The molecule has 6 aromatic rings. The fraction of sp³-hybridized carbons (Fsp3) is 0.533. The zero-order chi connectivity index (χ0) is 99.1. The molecule has 16 atom stereocenters. The number of aliphatic hydroxyl groups excluding tert-OH is 1. The summed E-state index contributed by atoms with van der Waals surface area (Å²) in [4.78, 5) is 281. The van der Waals surface area contributed by atoms with E-state index in [0.717, 1.165) is 21.6 Å². The number of nitrogens with one attached hydrogen (secondary N) is 13. The molecule has 1 unspecified atom stereocenters. The predicted octanol–water partition coefficient (Wildman–Crippen LogP) is -1.98. The van der Waals surface area contributed by atoms with Crippen molar-refractivity contribution in [2.75, 3.05) is 65.9 Å². The van der Waals surface area contributed by atoms with Crippen LogP contribution in [0.1, 0.15) is 146 Å². The summed E-state index contributed by atoms with van der Waals surface area (Å²) in [6, 6.07) is 0.435. The molecule has 43 nitrogen and oxygen atoms in total. The Hall–Kier alpha value is -13.4. The zero-order valence-corrected chi connectivity index (χ0v) is 78.3. The van der Waals surface area contributed by atoms with E-state index in [4.69, 9.17) is 27.7 Å². The first kappa shape index (κ1) is 106. The molecule has 5 heterocycles. The number of fused-ring (bicyclic) bond motifs is 4. The van der Waals surface area contributed by atoms with Gasteiger partial charge in [0.2, 0.25) is 94.5 Å². The maximum absolute atomic E-state index is 15.8. The molecular weight excluding hydrogens is 1780 g/mol. The number of Topliss-reactive ketones (excluding diaryl/α,β-unsaturated/α-hetero) is 1. The van der Waals surface area contributed by atoms with Gasteiger partial charge >= 0.3 is 5.97 Å². The number of nitrogens with two attached hydrogens (primary N) is 4. The van der Waals surface area contributed by atoms with Gasteiger partial charge in [0, 0.05) is 118 Å². The number of primary amides is 2. The van der Waals surface area contributed by atoms with Gasteiger partial charge in [0.05, 0.1) is 50.2 Å². The largest absolute Gasteiger partial charge is 0.497 e. The Morgan fingerprint density at radius 2 is 1.08 bits per heavy atom. The summed E-state index contributed by atoms with van der Waals surface area (Å²) in [6.07, 6.45) is 1.92. The van der Waals surface area contributed by atoms with Crippen molar-refractivity contribution in [3.05, 3.63) is 120 Å². The fourth-order valence-electron chi connectivity index (χ4n) is 17.2. The zero-order valence-electron chi connectivity index (χ0n) is 77.5. The van der Waals surface area contributed by atoms with Crippen molar-refractivity contribution in [2.45, 2.75) is 234 Å². The number of amides is 16. The summed E-state index contributed by atoms with van der Waals surface area (Å²) in [5, 5.41) is 49.6. The second-order valence-corrected chi connectivity index (χ2v) is 35.7. The number of aliphatic hydroxyl groups is 1. The molecule has 3 aromatic heterocycles. The van der Waals surface area contributed by atoms with Crippen molar-refractivity contribution < 1.29 is 101 Å². The molecule has 3 aromatic carbocycles. The van der Waals surface area contributed by atoms with Gasteiger partial charge in [0.25, 0.3) is 0 Å². The van der Waals surface area contributed by atoms with E-state index < -0.39 is 253 Å². The normalized spacial score (nSPS) is 25.2. The van der Waals surface area contributed by atoms with Gasteiger partial charge in [0.15, 0.2) is 5.78 Å². The number of methoxy groups -OCH3 is 1. The Morgan fingerprint density at radius 1 is 0.537 bits per heavy atom. The molecule has 1 aliphatic carbocycles. The average molecular weight is 1910 g/mol. The van der Waals surface area contributed by atoms with Crippen molar-refractivity contribution in [3.63, 3.8) is 0 Å². The highest BCUT2D eigenvalue weighted by atomic mass is 32.2. The summed E-state index contributed by atoms with van der Waals surface area (Å²) in [6.45, 7) is 3.89. The lowest BCUT2D eigenvalue weighted by atomic mass is 9.85. The van der Waals surface area contributed by atoms with E-state index in [1.165, 1.54) is 57.5 Å². The van der Waals surface area contributed by atoms with Crippen molar-refractivity contribution in [1.29, 1.82) is 0 Å². The number of carboxylic acid groups (broad SMARTS) is 1. The Balaban J connectivity index is 1.11. The number of ketones is 1. The van der Waals surface area contributed by atoms with Crippen LogP contribution in [-0.4, -0.2) is 307 Å². The fourth-order valence-corrected chi connectivity index (χ4v) is 18.0. The molecule has 44 heteroatoms. The van der Waals surface area contributed by atoms with Gasteiger partial charge in [-0.3, -0.25) is 86.3 Å². The summed E-state index contributed by atoms with van der Waals surface area (Å²) in [7, 11) is 5.41. The van der Waals surface area contributed by atoms with Crippen LogP contribution in [0.4, 0.5) is 0 Å². The van der Waals surface area contributed by atoms with Crippen LogP contribution in [0.15, 0.2) is 97.7 Å². The molecule has 2 aliphatic heterocycles. The molecule has 2 saturated heterocycles. The second-order valence-electron chi connectivity index (χ2n) is 34.6. The molecule has 16 amide bonds. The van der Waals surface area contributed by atoms with Gasteiger partial charge in [-0.1, -0.05) is 88.1 Å². The summed E-state index contributed by atoms with van der Waals surface area (Å²) in [5.41, 5.74) is 26.5. The van der Waals surface area contributed by atoms with E-state index in [9.17, 15) is 58.2 Å². The Kier molecular flexibility index (Phi) is 40.2. The van der Waals surface area contributed by atoms with Gasteiger partial charge < -0.3 is 126 Å². The average Bonchev–Trinajstić information content (AvgIpc) is 1.62. The van der Waals surface area contributed by atoms with E-state index in [1.807, 2.05) is 13.8 Å². The first-order valence-corrected chi connectivity index (χ1v) is 46.9. The third kappa shape index (κ3) is 29.3. The Bertz CT molecular complexity index is 5230. The van der Waals surface area contributed by atoms with E-state index >= 15 is 38.4 Å². The topological polar surface area (TPSA) is 655 Å². The molecule has 1 saturated carbocycles. The number of aromatic amines is 3. The minimum absolute atomic E-state index is 0.00567. The van der Waals surface area contributed by atoms with E-state index in [1.54, 1.807) is 85.2 Å². The number of likely N-dealkylation sites (N-methyl/N-ethyl adjacent to an activating group) is 3. The summed E-state index contributed by atoms with van der Waals surface area (Å²) < 4.78 is 5.34. The van der Waals surface area contributed by atoms with Gasteiger partial charge in [-0.2, -0.15) is 0 Å². The number of hydrogen-bond acceptors (Lipinski definition) is 24. The maximum atomic E-state index is 15.8. The van der Waals surface area contributed by atoms with Crippen LogP contribution in [0.2, 0.25) is 0 Å². The van der Waals surface area contributed by atoms with Crippen molar-refractivity contribution in [2.24, 2.45) is 34.8 Å². The number of imidazole rings is 1. The molecule has 3 aliphatic rings. The smallest absolute Gasteiger partial charge is 0.303 e. The van der Waals surface area contributed by atoms with E-state index in [2.05, 4.69) is 73.1 Å². The number of carbonyl (C=O) groups excluding carboxylic acids is 17. The number of ether oxygens (including phenoxy) is 1. The van der Waals surface area contributed by atoms with Gasteiger partial charge in [-0.25, -0.2) is 4.98 Å². The molecule has 3 fully saturated rings. The third-order valence-electron chi connectivity index (χ3n) is 24.9. The van der Waals surface area contributed by atoms with Crippen LogP contribution in [0.25, 0.3) is 21.8 Å². The third-order valence-corrected chi connectivity index (χ3v) is 25.9. The Labute approximate surface area is 790 Å². The second kappa shape index (κ2) is 51.4. The van der Waals surface area contributed by atoms with Crippen molar-refractivity contribution in [3.8, 4) is 5.75 Å². The van der Waals surface area contributed by atoms with Crippen molar-refractivity contribution >= 4 is 140 Å². The number of hydrogen-bond donors (Lipinski definition) is 19. The predicted molar refractivity (Wildman–Crippen MR) is 499 cm³/mol.